The van der Waals surface area contributed by atoms with Gasteiger partial charge < -0.3 is 19.9 Å². The number of methoxy groups -OCH3 is 1. The van der Waals surface area contributed by atoms with Crippen LogP contribution in [0.3, 0.4) is 0 Å². The Balaban J connectivity index is 1.54. The van der Waals surface area contributed by atoms with Gasteiger partial charge in [0.05, 0.1) is 17.4 Å². The van der Waals surface area contributed by atoms with Crippen LogP contribution in [0.1, 0.15) is 35.3 Å². The van der Waals surface area contributed by atoms with E-state index in [1.54, 1.807) is 30.2 Å². The van der Waals surface area contributed by atoms with Crippen LogP contribution in [0, 0.1) is 23.0 Å². The number of hydrogen-bond donors (Lipinski definition) is 1. The Hall–Kier alpha value is -3.81. The van der Waals surface area contributed by atoms with E-state index in [-0.39, 0.29) is 35.0 Å². The number of nitrogens with zero attached hydrogens (tertiary/aromatic N) is 5. The molecule has 0 aliphatic carbocycles. The van der Waals surface area contributed by atoms with Crippen LogP contribution in [0.4, 0.5) is 14.5 Å². The first-order valence-corrected chi connectivity index (χ1v) is 12.8. The Labute approximate surface area is 220 Å². The smallest absolute Gasteiger partial charge is 0.274 e. The van der Waals surface area contributed by atoms with Crippen molar-refractivity contribution in [2.24, 2.45) is 0 Å². The van der Waals surface area contributed by atoms with E-state index in [2.05, 4.69) is 15.3 Å². The summed E-state index contributed by atoms with van der Waals surface area (Å²) in [5, 5.41) is 16.9. The third-order valence-electron chi connectivity index (χ3n) is 7.43. The number of nitriles is 1. The number of aromatic nitrogens is 2. The summed E-state index contributed by atoms with van der Waals surface area (Å²) in [5.74, 6) is -1.48. The summed E-state index contributed by atoms with van der Waals surface area (Å²) in [7, 11) is 3.54. The second kappa shape index (κ2) is 10.9. The van der Waals surface area contributed by atoms with Crippen molar-refractivity contribution in [1.29, 1.82) is 5.26 Å². The van der Waals surface area contributed by atoms with Gasteiger partial charge in [0.2, 0.25) is 0 Å². The first-order chi connectivity index (χ1) is 18.4. The lowest BCUT2D eigenvalue weighted by atomic mass is 10.1. The van der Waals surface area contributed by atoms with Crippen LogP contribution in [0.15, 0.2) is 42.5 Å². The number of halogens is 2. The monoisotopic (exact) mass is 520 g/mol. The highest BCUT2D eigenvalue weighted by Crippen LogP contribution is 2.30. The van der Waals surface area contributed by atoms with Gasteiger partial charge in [-0.1, -0.05) is 6.07 Å². The summed E-state index contributed by atoms with van der Waals surface area (Å²) in [4.78, 5) is 17.2. The van der Waals surface area contributed by atoms with Crippen molar-refractivity contribution in [3.8, 4) is 23.0 Å². The van der Waals surface area contributed by atoms with E-state index < -0.39 is 11.6 Å². The topological polar surface area (TPSA) is 86.4 Å². The molecule has 2 saturated heterocycles. The fourth-order valence-electron chi connectivity index (χ4n) is 5.22. The van der Waals surface area contributed by atoms with Crippen LogP contribution in [-0.4, -0.2) is 73.1 Å². The van der Waals surface area contributed by atoms with Crippen molar-refractivity contribution in [3.63, 3.8) is 0 Å². The number of hydrogen-bond acceptors (Lipinski definition) is 6. The zero-order chi connectivity index (χ0) is 26.8. The van der Waals surface area contributed by atoms with Crippen molar-refractivity contribution >= 4 is 11.6 Å². The first kappa shape index (κ1) is 25.8. The molecule has 2 aliphatic rings. The van der Waals surface area contributed by atoms with Gasteiger partial charge in [-0.2, -0.15) is 10.4 Å². The number of ether oxygens (including phenoxy) is 1. The highest BCUT2D eigenvalue weighted by molar-refractivity contribution is 5.94. The van der Waals surface area contributed by atoms with Crippen LogP contribution in [0.5, 0.6) is 0 Å². The predicted octanol–water partition coefficient (Wildman–Crippen LogP) is 3.74. The summed E-state index contributed by atoms with van der Waals surface area (Å²) in [6, 6.07) is 12.6. The maximum absolute atomic E-state index is 15.6. The largest absolute Gasteiger partial charge is 0.380 e. The quantitative estimate of drug-likeness (QED) is 0.533. The lowest BCUT2D eigenvalue weighted by Gasteiger charge is -2.32. The number of piperidine rings is 1. The Kier molecular flexibility index (Phi) is 7.40. The molecule has 0 saturated carbocycles. The number of likely N-dealkylation sites (N-methyl/N-ethyl adjacent to an activating group) is 1. The molecular weight excluding hydrogens is 490 g/mol. The SMILES string of the molecule is CN[C@@H]1CCCN(C(=O)c2cc(-c3ccc(C#N)c(F)c3)n(-c3ccc(N4CC[C@@H](OC)C4)cc3F)n2)C1. The predicted molar refractivity (Wildman–Crippen MR) is 139 cm³/mol. The number of anilines is 1. The molecule has 2 aliphatic heterocycles. The molecule has 198 valence electrons. The van der Waals surface area contributed by atoms with Gasteiger partial charge in [-0.05, 0) is 62.7 Å². The second-order valence-electron chi connectivity index (χ2n) is 9.74. The van der Waals surface area contributed by atoms with Crippen molar-refractivity contribution in [1.82, 2.24) is 20.0 Å². The minimum absolute atomic E-state index is 0.0990. The average Bonchev–Trinajstić information content (AvgIpc) is 3.60. The van der Waals surface area contributed by atoms with E-state index in [9.17, 15) is 9.18 Å². The van der Waals surface area contributed by atoms with Crippen LogP contribution in [-0.2, 0) is 4.74 Å². The number of rotatable bonds is 6. The van der Waals surface area contributed by atoms with Gasteiger partial charge in [-0.15, -0.1) is 0 Å². The molecule has 0 spiro atoms. The lowest BCUT2D eigenvalue weighted by molar-refractivity contribution is 0.0691. The highest BCUT2D eigenvalue weighted by atomic mass is 19.1. The van der Waals surface area contributed by atoms with Crippen LogP contribution >= 0.6 is 0 Å². The van der Waals surface area contributed by atoms with Crippen molar-refractivity contribution in [2.45, 2.75) is 31.4 Å². The minimum Gasteiger partial charge on any atom is -0.380 e. The zero-order valence-corrected chi connectivity index (χ0v) is 21.5. The summed E-state index contributed by atoms with van der Waals surface area (Å²) >= 11 is 0. The Morgan fingerprint density at radius 3 is 2.63 bits per heavy atom. The van der Waals surface area contributed by atoms with Crippen molar-refractivity contribution < 1.29 is 18.3 Å². The fourth-order valence-corrected chi connectivity index (χ4v) is 5.22. The molecule has 2 aromatic carbocycles. The van der Waals surface area contributed by atoms with E-state index in [0.29, 0.717) is 30.9 Å². The molecule has 0 bridgehead atoms. The van der Waals surface area contributed by atoms with Gasteiger partial charge in [-0.25, -0.2) is 13.5 Å². The zero-order valence-electron chi connectivity index (χ0n) is 21.5. The third kappa shape index (κ3) is 4.99. The number of benzene rings is 2. The van der Waals surface area contributed by atoms with Gasteiger partial charge >= 0.3 is 0 Å². The van der Waals surface area contributed by atoms with E-state index in [1.807, 2.05) is 19.2 Å². The third-order valence-corrected chi connectivity index (χ3v) is 7.43. The molecule has 10 heteroatoms. The number of amides is 1. The number of likely N-dealkylation sites (tertiary alicyclic amines) is 1. The normalized spacial score (nSPS) is 19.6. The van der Waals surface area contributed by atoms with Crippen molar-refractivity contribution in [2.75, 3.05) is 45.2 Å². The van der Waals surface area contributed by atoms with E-state index in [0.717, 1.165) is 31.5 Å². The molecule has 2 fully saturated rings. The molecule has 8 nitrogen and oxygen atoms in total. The molecule has 38 heavy (non-hydrogen) atoms. The molecule has 5 rings (SSSR count). The van der Waals surface area contributed by atoms with E-state index >= 15 is 4.39 Å². The van der Waals surface area contributed by atoms with E-state index in [4.69, 9.17) is 10.00 Å². The standard InChI is InChI=1S/C28H30F2N6O2/c1-32-20-4-3-10-35(16-20)28(37)25-14-27(18-5-6-19(15-31)23(29)12-18)36(33-25)26-8-7-21(13-24(26)30)34-11-9-22(17-34)38-2/h5-8,12-14,20,22,32H,3-4,9-11,16-17H2,1-2H3/t20-,22-/m1/s1. The van der Waals surface area contributed by atoms with Gasteiger partial charge in [-0.3, -0.25) is 4.79 Å². The molecule has 1 N–H and O–H groups in total. The van der Waals surface area contributed by atoms with E-state index in [1.165, 1.54) is 22.9 Å². The number of nitrogens with one attached hydrogen (secondary N) is 1. The summed E-state index contributed by atoms with van der Waals surface area (Å²) in [6.07, 6.45) is 2.81. The lowest BCUT2D eigenvalue weighted by Crippen LogP contribution is -2.47. The maximum atomic E-state index is 15.6. The molecule has 3 heterocycles. The minimum atomic E-state index is -0.698. The summed E-state index contributed by atoms with van der Waals surface area (Å²) < 4.78 is 36.9. The molecule has 3 aromatic rings. The fraction of sp³-hybridized carbons (Fsp3) is 0.393. The molecular formula is C28H30F2N6O2. The second-order valence-corrected chi connectivity index (χ2v) is 9.74. The van der Waals surface area contributed by atoms with Gasteiger partial charge in [0.25, 0.3) is 5.91 Å². The number of carbonyl (C=O) groups excluding carboxylic acids is 1. The summed E-state index contributed by atoms with van der Waals surface area (Å²) in [5.41, 5.74) is 1.65. The molecule has 0 unspecified atom stereocenters. The Morgan fingerprint density at radius 2 is 1.95 bits per heavy atom. The molecule has 2 atom stereocenters. The first-order valence-electron chi connectivity index (χ1n) is 12.8. The van der Waals surface area contributed by atoms with Crippen LogP contribution in [0.25, 0.3) is 16.9 Å². The van der Waals surface area contributed by atoms with Crippen LogP contribution < -0.4 is 10.2 Å². The van der Waals surface area contributed by atoms with Gasteiger partial charge in [0, 0.05) is 50.6 Å². The molecule has 1 aromatic heterocycles. The highest BCUT2D eigenvalue weighted by Gasteiger charge is 2.28. The summed E-state index contributed by atoms with van der Waals surface area (Å²) in [6.45, 7) is 2.59. The maximum Gasteiger partial charge on any atom is 0.274 e. The van der Waals surface area contributed by atoms with Crippen LogP contribution in [0.2, 0.25) is 0 Å². The average molecular weight is 521 g/mol. The van der Waals surface area contributed by atoms with Gasteiger partial charge in [0.1, 0.15) is 17.6 Å². The number of carbonyl (C=O) groups is 1. The van der Waals surface area contributed by atoms with Crippen molar-refractivity contribution in [3.05, 3.63) is 65.4 Å². The Morgan fingerprint density at radius 1 is 1.11 bits per heavy atom. The molecule has 0 radical (unpaired) electrons. The Bertz CT molecular complexity index is 1380. The van der Waals surface area contributed by atoms with Gasteiger partial charge in [0.15, 0.2) is 11.5 Å². The molecule has 1 amide bonds.